The molecule has 24 nitrogen and oxygen atoms in total. The van der Waals surface area contributed by atoms with E-state index >= 15 is 0 Å². The Bertz CT molecular complexity index is 3440. The van der Waals surface area contributed by atoms with Crippen LogP contribution >= 0.6 is 0 Å². The van der Waals surface area contributed by atoms with Crippen LogP contribution < -0.4 is 15.4 Å². The molecule has 0 aliphatic rings. The van der Waals surface area contributed by atoms with Gasteiger partial charge in [0.25, 0.3) is 17.3 Å². The third-order valence-corrected chi connectivity index (χ3v) is 9.95. The summed E-state index contributed by atoms with van der Waals surface area (Å²) in [6.45, 7) is 0.0182. The Hall–Kier alpha value is -10.1. The predicted octanol–water partition coefficient (Wildman–Crippen LogP) is 11.7. The van der Waals surface area contributed by atoms with Crippen LogP contribution in [0.4, 0.5) is 56.9 Å². The number of aromatic hydroxyl groups is 4. The number of fused-ring (bicyclic) bond motifs is 2. The maximum atomic E-state index is 12.9. The molecule has 0 saturated heterocycles. The van der Waals surface area contributed by atoms with Gasteiger partial charge in [-0.2, -0.15) is 0 Å². The van der Waals surface area contributed by atoms with E-state index in [2.05, 4.69) is 31.1 Å². The van der Waals surface area contributed by atoms with Gasteiger partial charge in [-0.05, 0) is 47.2 Å². The molecule has 356 valence electrons. The number of para-hydroxylation sites is 2. The molecule has 0 fully saturated rings. The second-order valence-corrected chi connectivity index (χ2v) is 14.4. The van der Waals surface area contributed by atoms with Crippen LogP contribution in [0.25, 0.3) is 21.5 Å². The number of nitro groups is 4. The molecule has 0 aromatic heterocycles. The van der Waals surface area contributed by atoms with Gasteiger partial charge in [-0.15, -0.1) is 20.5 Å². The van der Waals surface area contributed by atoms with E-state index in [4.69, 9.17) is 4.74 Å². The van der Waals surface area contributed by atoms with Crippen LogP contribution in [0.2, 0.25) is 0 Å². The molecule has 0 saturated carbocycles. The molecule has 8 aromatic rings. The average Bonchev–Trinajstić information content (AvgIpc) is 3.34. The zero-order valence-electron chi connectivity index (χ0n) is 35.9. The molecule has 0 spiro atoms. The quantitative estimate of drug-likeness (QED) is 0.0255. The van der Waals surface area contributed by atoms with E-state index in [1.165, 1.54) is 6.07 Å². The molecule has 1 amide bonds. The van der Waals surface area contributed by atoms with Gasteiger partial charge >= 0.3 is 11.4 Å². The first-order valence-corrected chi connectivity index (χ1v) is 20.0. The molecule has 0 atom stereocenters. The minimum absolute atomic E-state index is 0. The van der Waals surface area contributed by atoms with Crippen LogP contribution in [-0.4, -0.2) is 52.8 Å². The third kappa shape index (κ3) is 11.5. The number of rotatable bonds is 14. The van der Waals surface area contributed by atoms with Gasteiger partial charge < -0.3 is 35.8 Å². The van der Waals surface area contributed by atoms with Gasteiger partial charge in [0.05, 0.1) is 37.4 Å². The monoisotopic (exact) mass is 1000 g/mol. The van der Waals surface area contributed by atoms with Gasteiger partial charge in [0.2, 0.25) is 11.5 Å². The Morgan fingerprint density at radius 2 is 0.944 bits per heavy atom. The molecule has 8 aromatic carbocycles. The van der Waals surface area contributed by atoms with Crippen molar-refractivity contribution in [3.63, 3.8) is 0 Å². The van der Waals surface area contributed by atoms with E-state index in [9.17, 15) is 65.7 Å². The second-order valence-electron chi connectivity index (χ2n) is 14.4. The topological polar surface area (TPSA) is 353 Å². The van der Waals surface area contributed by atoms with Crippen LogP contribution in [0.5, 0.6) is 28.7 Å². The first-order chi connectivity index (χ1) is 33.6. The van der Waals surface area contributed by atoms with Crippen molar-refractivity contribution >= 4 is 84.3 Å². The Balaban J connectivity index is 0.000000229. The predicted molar refractivity (Wildman–Crippen MR) is 252 cm³/mol. The molecule has 0 bridgehead atoms. The average molecular weight is 1000 g/mol. The minimum Gasteiger partial charge on any atom is -0.505 e. The summed E-state index contributed by atoms with van der Waals surface area (Å²) in [6, 6.07) is 37.2. The maximum Gasteiger partial charge on any atom is 0.319 e. The number of phenols is 4. The molecule has 0 aliphatic carbocycles. The van der Waals surface area contributed by atoms with Crippen molar-refractivity contribution in [3.8, 4) is 28.7 Å². The zero-order valence-corrected chi connectivity index (χ0v) is 37.2. The van der Waals surface area contributed by atoms with Gasteiger partial charge in [0.15, 0.2) is 24.0 Å². The summed E-state index contributed by atoms with van der Waals surface area (Å²) in [5.74, 6) is -3.30. The number of anilines is 2. The first kappa shape index (κ1) is 50.3. The molecule has 71 heavy (non-hydrogen) atoms. The van der Waals surface area contributed by atoms with Crippen LogP contribution in [0.1, 0.15) is 10.4 Å². The number of nitrogens with one attached hydrogen (secondary N) is 2. The van der Waals surface area contributed by atoms with Crippen molar-refractivity contribution in [2.75, 3.05) is 17.4 Å². The summed E-state index contributed by atoms with van der Waals surface area (Å²) >= 11 is 0. The molecular weight excluding hydrogens is 969 g/mol. The number of carbonyl (C=O) groups is 1. The Kier molecular flexibility index (Phi) is 15.7. The van der Waals surface area contributed by atoms with Crippen molar-refractivity contribution in [3.05, 3.63) is 192 Å². The number of nitrogens with zero attached hydrogens (tertiary/aromatic N) is 8. The van der Waals surface area contributed by atoms with Gasteiger partial charge in [0, 0.05) is 51.6 Å². The number of ether oxygens (including phenoxy) is 1. The maximum absolute atomic E-state index is 12.9. The van der Waals surface area contributed by atoms with Crippen LogP contribution in [0, 0.1) is 40.5 Å². The van der Waals surface area contributed by atoms with Crippen molar-refractivity contribution in [2.24, 2.45) is 20.5 Å². The first-order valence-electron chi connectivity index (χ1n) is 20.0. The van der Waals surface area contributed by atoms with E-state index in [0.717, 1.165) is 17.8 Å². The molecule has 0 unspecified atom stereocenters. The molecule has 0 radical (unpaired) electrons. The van der Waals surface area contributed by atoms with Gasteiger partial charge in [-0.3, -0.25) is 45.3 Å². The number of phenolic OH excluding ortho intramolecular Hbond substituents is 4. The summed E-state index contributed by atoms with van der Waals surface area (Å²) in [7, 11) is 0. The molecule has 0 aliphatic heterocycles. The number of carbonyl (C=O) groups excluding carboxylic acids is 1. The van der Waals surface area contributed by atoms with Crippen molar-refractivity contribution in [2.45, 2.75) is 0 Å². The van der Waals surface area contributed by atoms with Crippen molar-refractivity contribution in [1.29, 1.82) is 0 Å². The Morgan fingerprint density at radius 3 is 1.42 bits per heavy atom. The smallest absolute Gasteiger partial charge is 0.319 e. The fourth-order valence-electron chi connectivity index (χ4n) is 6.60. The van der Waals surface area contributed by atoms with Gasteiger partial charge in [-0.25, -0.2) is 0 Å². The van der Waals surface area contributed by atoms with Crippen LogP contribution in [-0.2, 0) is 17.4 Å². The fraction of sp³-hybridized carbons (Fsp3) is 0.0217. The summed E-state index contributed by atoms with van der Waals surface area (Å²) < 4.78 is 5.68. The Labute approximate surface area is 408 Å². The molecule has 8 rings (SSSR count). The van der Waals surface area contributed by atoms with E-state index < -0.39 is 77.0 Å². The summed E-state index contributed by atoms with van der Waals surface area (Å²) in [4.78, 5) is 53.9. The van der Waals surface area contributed by atoms with Crippen LogP contribution in [0.15, 0.2) is 166 Å². The number of amides is 1. The van der Waals surface area contributed by atoms with Gasteiger partial charge in [-0.1, -0.05) is 84.9 Å². The second kappa shape index (κ2) is 22.1. The molecule has 25 heteroatoms. The number of nitro benzene ring substituents is 4. The Morgan fingerprint density at radius 1 is 0.507 bits per heavy atom. The summed E-state index contributed by atoms with van der Waals surface area (Å²) in [5.41, 5.74) is -3.30. The number of non-ortho nitro benzene ring substituents is 2. The minimum atomic E-state index is -0.997. The van der Waals surface area contributed by atoms with Crippen molar-refractivity contribution < 1.29 is 67.0 Å². The number of benzene rings is 8. The van der Waals surface area contributed by atoms with Crippen LogP contribution in [0.3, 0.4) is 0 Å². The van der Waals surface area contributed by atoms with Gasteiger partial charge in [0.1, 0.15) is 22.7 Å². The summed E-state index contributed by atoms with van der Waals surface area (Å²) in [6.07, 6.45) is 0. The summed E-state index contributed by atoms with van der Waals surface area (Å²) in [5, 5.41) is 110. The zero-order chi connectivity index (χ0) is 50.1. The van der Waals surface area contributed by atoms with Crippen molar-refractivity contribution in [1.82, 2.24) is 0 Å². The molecule has 0 heterocycles. The molecule has 6 N–H and O–H groups in total. The fourth-order valence-corrected chi connectivity index (χ4v) is 6.60. The number of azo groups is 2. The third-order valence-electron chi connectivity index (χ3n) is 9.95. The van der Waals surface area contributed by atoms with E-state index in [0.29, 0.717) is 39.4 Å². The van der Waals surface area contributed by atoms with E-state index in [1.54, 1.807) is 84.9 Å². The number of hydrogen-bond donors (Lipinski definition) is 6. The SMILES string of the molecule is O=C(Nc1ccccc1)c1cc2ccccc2c(N=Nc2cc([N+](=O)[O-])cc([N+](=O)[O-])c2O)c1O.O=[N+]([O-])c1cc(N=Nc2c(O)c(OCNc3ccccc3)cc3ccccc23)c(O)c([N+](=O)[O-])c1.[Cr]. The van der Waals surface area contributed by atoms with E-state index in [1.807, 2.05) is 30.3 Å². The largest absolute Gasteiger partial charge is 0.505 e. The standard InChI is InChI=1S/C23H17N5O7.C23H15N5O7.Cr/c29-22-18(11-16(27(31)32)12-19(22)28(33)34)25-26-21-17-9-5-4-6-14(17)10-20(23(21)30)35-13-24-15-7-2-1-3-8-15;29-21-17(23(31)24-14-7-2-1-3-8-14)10-13-6-4-5-9-16(13)20(21)26-25-18-11-15(27(32)33)12-19(22(18)30)28(34)35;/h1-12,24,29-30H,13H2;1-12,29-30H,(H,24,31);. The molecular formula is C46H32CrN10O14. The normalized spacial score (nSPS) is 10.8. The number of hydrogen-bond acceptors (Lipinski definition) is 19. The van der Waals surface area contributed by atoms with E-state index in [-0.39, 0.29) is 52.5 Å².